The molecule has 0 aromatic heterocycles. The zero-order valence-electron chi connectivity index (χ0n) is 16.8. The van der Waals surface area contributed by atoms with Crippen molar-refractivity contribution in [3.8, 4) is 0 Å². The van der Waals surface area contributed by atoms with Crippen LogP contribution in [0.4, 0.5) is 5.69 Å². The lowest BCUT2D eigenvalue weighted by Crippen LogP contribution is -2.72. The van der Waals surface area contributed by atoms with E-state index in [0.29, 0.717) is 23.4 Å². The number of aliphatic imine (C=N–C) groups is 2. The van der Waals surface area contributed by atoms with E-state index in [4.69, 9.17) is 0 Å². The van der Waals surface area contributed by atoms with Crippen molar-refractivity contribution in [2.45, 2.75) is 27.2 Å². The summed E-state index contributed by atoms with van der Waals surface area (Å²) in [7, 11) is 0. The Labute approximate surface area is 166 Å². The Morgan fingerprint density at radius 1 is 1.32 bits per heavy atom. The lowest BCUT2D eigenvalue weighted by molar-refractivity contribution is -0.139. The first-order chi connectivity index (χ1) is 13.4. The molecule has 0 saturated carbocycles. The number of carbonyl (C=O) groups is 1. The molecule has 4 rings (SSSR count). The summed E-state index contributed by atoms with van der Waals surface area (Å²) in [6.07, 6.45) is 2.07. The van der Waals surface area contributed by atoms with E-state index in [1.165, 1.54) is 11.8 Å². The van der Waals surface area contributed by atoms with Crippen LogP contribution in [0.15, 0.2) is 52.2 Å². The normalized spacial score (nSPS) is 20.6. The van der Waals surface area contributed by atoms with E-state index in [1.807, 2.05) is 17.9 Å². The number of aryl methyl sites for hydroxylation is 2. The topological polar surface area (TPSA) is 69.1 Å². The first-order valence-corrected chi connectivity index (χ1v) is 9.71. The van der Waals surface area contributed by atoms with Crippen molar-refractivity contribution >= 4 is 23.1 Å². The molecule has 146 valence electrons. The number of anilines is 1. The van der Waals surface area contributed by atoms with Gasteiger partial charge in [-0.15, -0.1) is 0 Å². The summed E-state index contributed by atoms with van der Waals surface area (Å²) in [4.78, 5) is 23.8. The van der Waals surface area contributed by atoms with Crippen LogP contribution < -0.4 is 10.6 Å². The third-order valence-corrected chi connectivity index (χ3v) is 5.75. The quantitative estimate of drug-likeness (QED) is 0.626. The molecule has 6 heteroatoms. The van der Waals surface area contributed by atoms with Crippen LogP contribution in [-0.2, 0) is 4.79 Å². The van der Waals surface area contributed by atoms with Crippen LogP contribution in [0.1, 0.15) is 24.5 Å². The maximum atomic E-state index is 12.8. The summed E-state index contributed by atoms with van der Waals surface area (Å²) in [5, 5.41) is 6.67. The molecule has 0 atom stereocenters. The van der Waals surface area contributed by atoms with Crippen molar-refractivity contribution in [2.24, 2.45) is 15.4 Å². The van der Waals surface area contributed by atoms with Crippen LogP contribution in [0.2, 0.25) is 0 Å². The van der Waals surface area contributed by atoms with Gasteiger partial charge in [-0.05, 0) is 38.0 Å². The molecule has 0 radical (unpaired) electrons. The molecule has 28 heavy (non-hydrogen) atoms. The molecule has 0 aliphatic carbocycles. The van der Waals surface area contributed by atoms with E-state index in [0.717, 1.165) is 48.7 Å². The Bertz CT molecular complexity index is 928. The molecule has 1 amide bonds. The van der Waals surface area contributed by atoms with Crippen molar-refractivity contribution in [3.63, 3.8) is 0 Å². The van der Waals surface area contributed by atoms with Gasteiger partial charge in [-0.2, -0.15) is 0 Å². The summed E-state index contributed by atoms with van der Waals surface area (Å²) in [6, 6.07) is 6.22. The minimum Gasteiger partial charge on any atom is -0.338 e. The van der Waals surface area contributed by atoms with E-state index in [1.54, 1.807) is 0 Å². The standard InChI is InChI=1S/C22H27N5O/c1-5-24-20(26-17-7-6-14(2)8-15(17)3)19-16(4)9-18(25-19)21(28)27-12-22(13-27)10-23-11-22/h5-8,23H,1,9-13H2,2-4H3,(H,24,26). The van der Waals surface area contributed by atoms with Crippen molar-refractivity contribution in [1.82, 2.24) is 10.2 Å². The summed E-state index contributed by atoms with van der Waals surface area (Å²) in [5.74, 6) is 0.682. The fourth-order valence-corrected chi connectivity index (χ4v) is 4.10. The number of rotatable bonds is 4. The van der Waals surface area contributed by atoms with E-state index >= 15 is 0 Å². The number of nitrogens with one attached hydrogen (secondary N) is 2. The van der Waals surface area contributed by atoms with E-state index < -0.39 is 0 Å². The Kier molecular flexibility index (Phi) is 4.67. The molecule has 3 heterocycles. The summed E-state index contributed by atoms with van der Waals surface area (Å²) in [5.41, 5.74) is 6.03. The number of nitrogens with zero attached hydrogens (tertiary/aromatic N) is 3. The van der Waals surface area contributed by atoms with E-state index in [2.05, 4.69) is 53.2 Å². The van der Waals surface area contributed by atoms with Crippen LogP contribution in [0.3, 0.4) is 0 Å². The highest BCUT2D eigenvalue weighted by atomic mass is 16.2. The van der Waals surface area contributed by atoms with Crippen LogP contribution in [0, 0.1) is 19.3 Å². The van der Waals surface area contributed by atoms with Crippen molar-refractivity contribution in [3.05, 3.63) is 53.4 Å². The van der Waals surface area contributed by atoms with Gasteiger partial charge in [-0.1, -0.05) is 24.3 Å². The van der Waals surface area contributed by atoms with E-state index in [-0.39, 0.29) is 5.91 Å². The number of likely N-dealkylation sites (tertiary alicyclic amines) is 1. The van der Waals surface area contributed by atoms with Crippen molar-refractivity contribution in [1.29, 1.82) is 0 Å². The van der Waals surface area contributed by atoms with Gasteiger partial charge in [-0.3, -0.25) is 4.79 Å². The third-order valence-electron chi connectivity index (χ3n) is 5.75. The Morgan fingerprint density at radius 3 is 2.68 bits per heavy atom. The Morgan fingerprint density at radius 2 is 2.07 bits per heavy atom. The zero-order chi connectivity index (χ0) is 19.9. The number of benzene rings is 1. The molecule has 2 N–H and O–H groups in total. The molecular formula is C22H27N5O. The second kappa shape index (κ2) is 7.02. The van der Waals surface area contributed by atoms with Gasteiger partial charge in [0, 0.05) is 49.9 Å². The monoisotopic (exact) mass is 377 g/mol. The van der Waals surface area contributed by atoms with Crippen LogP contribution in [0.5, 0.6) is 0 Å². The highest BCUT2D eigenvalue weighted by Gasteiger charge is 2.50. The maximum Gasteiger partial charge on any atom is 0.268 e. The van der Waals surface area contributed by atoms with Crippen LogP contribution >= 0.6 is 0 Å². The van der Waals surface area contributed by atoms with Crippen LogP contribution in [-0.4, -0.2) is 48.5 Å². The summed E-state index contributed by atoms with van der Waals surface area (Å²) in [6.45, 7) is 13.6. The average molecular weight is 377 g/mol. The fraction of sp³-hybridized carbons (Fsp3) is 0.409. The predicted octanol–water partition coefficient (Wildman–Crippen LogP) is 2.81. The Balaban J connectivity index is 1.51. The molecule has 6 nitrogen and oxygen atoms in total. The number of hydrogen-bond donors (Lipinski definition) is 2. The second-order valence-electron chi connectivity index (χ2n) is 8.23. The molecule has 1 aromatic rings. The molecule has 0 bridgehead atoms. The SMILES string of the molecule is C=C/N=C(/Nc1ccc(C)cc1C)C1=C(C)CC(C(=O)N2CC3(CNC3)C2)=N1. The number of allylic oxidation sites excluding steroid dienone is 1. The van der Waals surface area contributed by atoms with E-state index in [9.17, 15) is 4.79 Å². The van der Waals surface area contributed by atoms with Gasteiger partial charge >= 0.3 is 0 Å². The fourth-order valence-electron chi connectivity index (χ4n) is 4.10. The van der Waals surface area contributed by atoms with Gasteiger partial charge in [0.25, 0.3) is 5.91 Å². The molecule has 3 aliphatic heterocycles. The lowest BCUT2D eigenvalue weighted by Gasteiger charge is -2.55. The van der Waals surface area contributed by atoms with Gasteiger partial charge in [0.2, 0.25) is 0 Å². The molecule has 0 unspecified atom stereocenters. The number of amidine groups is 1. The first kappa shape index (κ1) is 18.6. The summed E-state index contributed by atoms with van der Waals surface area (Å²) < 4.78 is 0. The number of carbonyl (C=O) groups excluding carboxylic acids is 1. The first-order valence-electron chi connectivity index (χ1n) is 9.71. The second-order valence-corrected chi connectivity index (χ2v) is 8.23. The van der Waals surface area contributed by atoms with Crippen LogP contribution in [0.25, 0.3) is 0 Å². The third kappa shape index (κ3) is 3.29. The highest BCUT2D eigenvalue weighted by Crippen LogP contribution is 2.35. The highest BCUT2D eigenvalue weighted by molar-refractivity contribution is 6.41. The molecule has 1 aromatic carbocycles. The van der Waals surface area contributed by atoms with Gasteiger partial charge in [0.05, 0.1) is 0 Å². The van der Waals surface area contributed by atoms with Gasteiger partial charge in [0.15, 0.2) is 5.84 Å². The van der Waals surface area contributed by atoms with Crippen molar-refractivity contribution in [2.75, 3.05) is 31.5 Å². The molecule has 2 saturated heterocycles. The van der Waals surface area contributed by atoms with Gasteiger partial charge in [-0.25, -0.2) is 9.98 Å². The lowest BCUT2D eigenvalue weighted by atomic mass is 9.74. The number of hydrogen-bond acceptors (Lipinski definition) is 4. The average Bonchev–Trinajstić information content (AvgIpc) is 2.96. The predicted molar refractivity (Wildman–Crippen MR) is 114 cm³/mol. The zero-order valence-corrected chi connectivity index (χ0v) is 16.8. The van der Waals surface area contributed by atoms with Crippen molar-refractivity contribution < 1.29 is 4.79 Å². The molecular weight excluding hydrogens is 350 g/mol. The molecule has 1 spiro atoms. The number of amides is 1. The summed E-state index contributed by atoms with van der Waals surface area (Å²) >= 11 is 0. The molecule has 3 aliphatic rings. The van der Waals surface area contributed by atoms with Gasteiger partial charge in [0.1, 0.15) is 11.4 Å². The largest absolute Gasteiger partial charge is 0.338 e. The molecule has 2 fully saturated rings. The maximum absolute atomic E-state index is 12.8. The van der Waals surface area contributed by atoms with Gasteiger partial charge < -0.3 is 15.5 Å². The smallest absolute Gasteiger partial charge is 0.268 e. The minimum atomic E-state index is 0.0522. The Hall–Kier alpha value is -2.73. The minimum absolute atomic E-state index is 0.0522.